The maximum absolute atomic E-state index is 13.0. The lowest BCUT2D eigenvalue weighted by Crippen LogP contribution is -3.18. The zero-order valence-electron chi connectivity index (χ0n) is 15.6. The van der Waals surface area contributed by atoms with E-state index in [2.05, 4.69) is 5.32 Å². The average Bonchev–Trinajstić information content (AvgIpc) is 2.67. The van der Waals surface area contributed by atoms with E-state index in [9.17, 15) is 19.1 Å². The van der Waals surface area contributed by atoms with Crippen molar-refractivity contribution < 1.29 is 33.5 Å². The van der Waals surface area contributed by atoms with E-state index in [0.29, 0.717) is 28.6 Å². The van der Waals surface area contributed by atoms with Gasteiger partial charge in [0.25, 0.3) is 5.91 Å². The Hall–Kier alpha value is -3.13. The topological polar surface area (TPSA) is 92.1 Å². The van der Waals surface area contributed by atoms with Crippen LogP contribution in [0.4, 0.5) is 10.1 Å². The van der Waals surface area contributed by atoms with Crippen LogP contribution in [0.1, 0.15) is 11.1 Å². The highest BCUT2D eigenvalue weighted by molar-refractivity contribution is 5.91. The Morgan fingerprint density at radius 1 is 1.14 bits per heavy atom. The summed E-state index contributed by atoms with van der Waals surface area (Å²) in [4.78, 5) is 24.6. The fraction of sp³-hybridized carbons (Fsp3) is 0.300. The first-order valence-corrected chi connectivity index (χ1v) is 8.76. The molecule has 0 radical (unpaired) electrons. The summed E-state index contributed by atoms with van der Waals surface area (Å²) in [5.41, 5.74) is 2.16. The maximum atomic E-state index is 13.0. The number of carbonyl (C=O) groups is 2. The van der Waals surface area contributed by atoms with E-state index >= 15 is 0 Å². The fourth-order valence-corrected chi connectivity index (χ4v) is 3.43. The third kappa shape index (κ3) is 4.23. The van der Waals surface area contributed by atoms with E-state index in [4.69, 9.17) is 9.47 Å². The van der Waals surface area contributed by atoms with E-state index in [1.54, 1.807) is 12.1 Å². The minimum absolute atomic E-state index is 0.0657. The second-order valence-electron chi connectivity index (χ2n) is 6.62. The van der Waals surface area contributed by atoms with Crippen molar-refractivity contribution in [2.75, 3.05) is 26.1 Å². The van der Waals surface area contributed by atoms with Crippen LogP contribution in [0.2, 0.25) is 0 Å². The molecule has 7 nitrogen and oxygen atoms in total. The zero-order valence-corrected chi connectivity index (χ0v) is 15.6. The predicted molar refractivity (Wildman–Crippen MR) is 96.6 cm³/mol. The second-order valence-corrected chi connectivity index (χ2v) is 6.62. The quantitative estimate of drug-likeness (QED) is 0.699. The summed E-state index contributed by atoms with van der Waals surface area (Å²) in [6, 6.07) is 8.07. The predicted octanol–water partition coefficient (Wildman–Crippen LogP) is -0.459. The van der Waals surface area contributed by atoms with Crippen molar-refractivity contribution in [3.05, 3.63) is 53.3 Å². The van der Waals surface area contributed by atoms with Gasteiger partial charge in [0.15, 0.2) is 18.0 Å². The lowest BCUT2D eigenvalue weighted by molar-refractivity contribution is -0.926. The molecule has 1 aliphatic heterocycles. The van der Waals surface area contributed by atoms with Crippen LogP contribution in [0.15, 0.2) is 36.4 Å². The van der Waals surface area contributed by atoms with E-state index in [1.165, 1.54) is 38.5 Å². The highest BCUT2D eigenvalue weighted by Crippen LogP contribution is 2.31. The smallest absolute Gasteiger partial charge is 0.279 e. The van der Waals surface area contributed by atoms with Crippen molar-refractivity contribution in [2.24, 2.45) is 0 Å². The maximum Gasteiger partial charge on any atom is 0.279 e. The van der Waals surface area contributed by atoms with Gasteiger partial charge < -0.3 is 29.6 Å². The Balaban J connectivity index is 1.79. The van der Waals surface area contributed by atoms with Gasteiger partial charge in [-0.05, 0) is 42.0 Å². The number of halogens is 1. The van der Waals surface area contributed by atoms with Gasteiger partial charge in [0.05, 0.1) is 20.2 Å². The van der Waals surface area contributed by atoms with Crippen molar-refractivity contribution in [3.63, 3.8) is 0 Å². The lowest BCUT2D eigenvalue weighted by atomic mass is 9.93. The third-order valence-corrected chi connectivity index (χ3v) is 4.84. The first-order valence-electron chi connectivity index (χ1n) is 8.76. The van der Waals surface area contributed by atoms with Crippen molar-refractivity contribution in [2.45, 2.75) is 19.0 Å². The van der Waals surface area contributed by atoms with Gasteiger partial charge in [-0.2, -0.15) is 0 Å². The molecule has 2 N–H and O–H groups in total. The Morgan fingerprint density at radius 2 is 1.75 bits per heavy atom. The number of aliphatic carboxylic acids is 1. The molecular weight excluding hydrogens is 367 g/mol. The number of rotatable bonds is 6. The SMILES string of the molecule is COc1cc2c(cc1OC)C[NH+](CC(=O)Nc1ccc(F)cc1)[C@@H](C(=O)[O-])C2. The number of nitrogens with one attached hydrogen (secondary N) is 2. The van der Waals surface area contributed by atoms with Crippen LogP contribution >= 0.6 is 0 Å². The fourth-order valence-electron chi connectivity index (χ4n) is 3.43. The molecule has 148 valence electrons. The lowest BCUT2D eigenvalue weighted by Gasteiger charge is -2.34. The Morgan fingerprint density at radius 3 is 2.32 bits per heavy atom. The van der Waals surface area contributed by atoms with Gasteiger partial charge in [-0.25, -0.2) is 4.39 Å². The molecule has 0 fully saturated rings. The number of carboxylic acid groups (broad SMARTS) is 1. The summed E-state index contributed by atoms with van der Waals surface area (Å²) in [5, 5.41) is 14.3. The zero-order chi connectivity index (χ0) is 20.3. The highest BCUT2D eigenvalue weighted by Gasteiger charge is 2.33. The van der Waals surface area contributed by atoms with E-state index in [1.807, 2.05) is 0 Å². The normalized spacial score (nSPS) is 18.1. The molecule has 1 heterocycles. The monoisotopic (exact) mass is 388 g/mol. The summed E-state index contributed by atoms with van der Waals surface area (Å²) >= 11 is 0. The highest BCUT2D eigenvalue weighted by atomic mass is 19.1. The molecule has 0 aliphatic carbocycles. The van der Waals surface area contributed by atoms with Crippen molar-refractivity contribution in [1.29, 1.82) is 0 Å². The van der Waals surface area contributed by atoms with Gasteiger partial charge >= 0.3 is 0 Å². The minimum Gasteiger partial charge on any atom is -0.544 e. The first kappa shape index (κ1) is 19.6. The number of methoxy groups -OCH3 is 2. The third-order valence-electron chi connectivity index (χ3n) is 4.84. The summed E-state index contributed by atoms with van der Waals surface area (Å²) in [7, 11) is 3.04. The summed E-state index contributed by atoms with van der Waals surface area (Å²) in [6.07, 6.45) is 0.219. The number of hydrogen-bond acceptors (Lipinski definition) is 5. The van der Waals surface area contributed by atoms with Gasteiger partial charge in [0.2, 0.25) is 0 Å². The van der Waals surface area contributed by atoms with Gasteiger partial charge in [-0.1, -0.05) is 0 Å². The van der Waals surface area contributed by atoms with Crippen LogP contribution in [0.3, 0.4) is 0 Å². The molecule has 2 atom stereocenters. The van der Waals surface area contributed by atoms with Gasteiger partial charge in [-0.15, -0.1) is 0 Å². The molecule has 28 heavy (non-hydrogen) atoms. The number of anilines is 1. The van der Waals surface area contributed by atoms with Crippen LogP contribution in [0, 0.1) is 5.82 Å². The van der Waals surface area contributed by atoms with Crippen molar-refractivity contribution in [1.82, 2.24) is 0 Å². The molecule has 0 aromatic heterocycles. The van der Waals surface area contributed by atoms with Gasteiger partial charge in [0.1, 0.15) is 18.4 Å². The molecule has 1 aliphatic rings. The van der Waals surface area contributed by atoms with Crippen LogP contribution in [0.5, 0.6) is 11.5 Å². The van der Waals surface area contributed by atoms with Crippen molar-refractivity contribution in [3.8, 4) is 11.5 Å². The number of ether oxygens (including phenoxy) is 2. The molecule has 0 spiro atoms. The average molecular weight is 388 g/mol. The molecule has 0 bridgehead atoms. The molecule has 2 aromatic rings. The van der Waals surface area contributed by atoms with E-state index in [-0.39, 0.29) is 18.9 Å². The number of quaternary nitrogens is 1. The molecule has 0 saturated carbocycles. The van der Waals surface area contributed by atoms with Crippen LogP contribution in [-0.2, 0) is 22.6 Å². The molecule has 8 heteroatoms. The van der Waals surface area contributed by atoms with Gasteiger partial charge in [0, 0.05) is 17.7 Å². The molecule has 1 amide bonds. The Labute approximate surface area is 161 Å². The van der Waals surface area contributed by atoms with E-state index < -0.39 is 17.8 Å². The number of carboxylic acids is 1. The Bertz CT molecular complexity index is 885. The van der Waals surface area contributed by atoms with Crippen molar-refractivity contribution >= 4 is 17.6 Å². The van der Waals surface area contributed by atoms with Crippen LogP contribution in [-0.4, -0.2) is 38.7 Å². The number of benzene rings is 2. The molecule has 3 rings (SSSR count). The number of hydrogen-bond donors (Lipinski definition) is 2. The van der Waals surface area contributed by atoms with Crippen LogP contribution in [0.25, 0.3) is 0 Å². The number of amides is 1. The standard InChI is InChI=1S/C20H21FN2O5/c1-27-17-8-12-7-16(20(25)26)23(10-13(12)9-18(17)28-2)11-19(24)22-15-5-3-14(21)4-6-15/h3-6,8-9,16H,7,10-11H2,1-2H3,(H,22,24)(H,25,26)/t16-/m1/s1. The molecular formula is C20H21FN2O5. The largest absolute Gasteiger partial charge is 0.544 e. The molecule has 2 aromatic carbocycles. The van der Waals surface area contributed by atoms with E-state index in [0.717, 1.165) is 11.1 Å². The minimum atomic E-state index is -1.22. The summed E-state index contributed by atoms with van der Waals surface area (Å²) < 4.78 is 23.6. The number of carbonyl (C=O) groups excluding carboxylic acids is 2. The summed E-state index contributed by atoms with van der Waals surface area (Å²) in [5.74, 6) is -0.918. The number of fused-ring (bicyclic) bond motifs is 1. The van der Waals surface area contributed by atoms with Crippen LogP contribution < -0.4 is 24.8 Å². The summed E-state index contributed by atoms with van der Waals surface area (Å²) in [6.45, 7) is 0.259. The molecule has 0 saturated heterocycles. The molecule has 1 unspecified atom stereocenters. The first-order chi connectivity index (χ1) is 13.4. The van der Waals surface area contributed by atoms with Gasteiger partial charge in [-0.3, -0.25) is 4.79 Å². The second kappa shape index (κ2) is 8.26. The Kier molecular flexibility index (Phi) is 5.79.